The Morgan fingerprint density at radius 3 is 2.72 bits per heavy atom. The summed E-state index contributed by atoms with van der Waals surface area (Å²) >= 11 is 0. The van der Waals surface area contributed by atoms with Gasteiger partial charge in [-0.3, -0.25) is 4.79 Å². The molecule has 1 aromatic carbocycles. The molecular weight excluding hydrogens is 250 g/mol. The zero-order valence-electron chi connectivity index (χ0n) is 10.8. The molecule has 0 aliphatic rings. The van der Waals surface area contributed by atoms with Crippen LogP contribution in [0.3, 0.4) is 0 Å². The zero-order valence-corrected chi connectivity index (χ0v) is 11.6. The fourth-order valence-corrected chi connectivity index (χ4v) is 3.54. The minimum Gasteiger partial charge on any atom is -0.481 e. The van der Waals surface area contributed by atoms with Crippen LogP contribution in [-0.2, 0) is 20.3 Å². The van der Waals surface area contributed by atoms with E-state index in [2.05, 4.69) is 4.36 Å². The Labute approximate surface area is 108 Å². The number of carboxylic acids is 1. The van der Waals surface area contributed by atoms with Crippen molar-refractivity contribution in [2.75, 3.05) is 12.3 Å². The molecule has 0 aliphatic heterocycles. The molecule has 0 amide bonds. The Balaban J connectivity index is 2.98. The second kappa shape index (κ2) is 6.54. The van der Waals surface area contributed by atoms with Crippen LogP contribution in [0.5, 0.6) is 0 Å². The largest absolute Gasteiger partial charge is 0.481 e. The third kappa shape index (κ3) is 4.87. The van der Waals surface area contributed by atoms with Gasteiger partial charge in [-0.05, 0) is 18.9 Å². The summed E-state index contributed by atoms with van der Waals surface area (Å²) < 4.78 is 16.6. The van der Waals surface area contributed by atoms with Gasteiger partial charge in [0.25, 0.3) is 0 Å². The number of nitrogens with zero attached hydrogens (tertiary/aromatic N) is 1. The van der Waals surface area contributed by atoms with Crippen molar-refractivity contribution in [2.24, 2.45) is 4.36 Å². The van der Waals surface area contributed by atoms with Crippen molar-refractivity contribution in [1.29, 1.82) is 0 Å². The monoisotopic (exact) mass is 269 g/mol. The molecule has 4 nitrogen and oxygen atoms in total. The minimum atomic E-state index is -2.69. The molecular formula is C13H19NO3S. The zero-order chi connectivity index (χ0) is 13.6. The number of hydrogen-bond donors (Lipinski definition) is 1. The molecule has 1 rings (SSSR count). The molecule has 0 saturated carbocycles. The molecule has 1 unspecified atom stereocenters. The van der Waals surface area contributed by atoms with Crippen LogP contribution in [0.4, 0.5) is 0 Å². The number of aliphatic carboxylic acids is 1. The first-order valence-electron chi connectivity index (χ1n) is 5.91. The van der Waals surface area contributed by atoms with Gasteiger partial charge in [-0.1, -0.05) is 36.8 Å². The van der Waals surface area contributed by atoms with Gasteiger partial charge >= 0.3 is 5.97 Å². The van der Waals surface area contributed by atoms with Crippen molar-refractivity contribution in [2.45, 2.75) is 26.0 Å². The number of carbonyl (C=O) groups is 1. The van der Waals surface area contributed by atoms with Gasteiger partial charge in [0.05, 0.1) is 15.5 Å². The van der Waals surface area contributed by atoms with Crippen molar-refractivity contribution in [1.82, 2.24) is 0 Å². The molecule has 0 bridgehead atoms. The predicted octanol–water partition coefficient (Wildman–Crippen LogP) is 2.46. The number of benzene rings is 1. The van der Waals surface area contributed by atoms with E-state index in [0.29, 0.717) is 6.54 Å². The SMILES string of the molecule is CCCN=S(=O)(CC(=O)O)Cc1cccc(C)c1. The molecule has 1 atom stereocenters. The lowest BCUT2D eigenvalue weighted by Crippen LogP contribution is -2.17. The van der Waals surface area contributed by atoms with Crippen molar-refractivity contribution in [3.8, 4) is 0 Å². The minimum absolute atomic E-state index is 0.209. The van der Waals surface area contributed by atoms with Crippen LogP contribution in [0.25, 0.3) is 0 Å². The summed E-state index contributed by atoms with van der Waals surface area (Å²) in [5, 5.41) is 8.84. The molecule has 0 aliphatic carbocycles. The molecule has 0 aromatic heterocycles. The number of carboxylic acid groups (broad SMARTS) is 1. The maximum Gasteiger partial charge on any atom is 0.317 e. The Kier molecular flexibility index (Phi) is 5.34. The van der Waals surface area contributed by atoms with E-state index in [4.69, 9.17) is 5.11 Å². The van der Waals surface area contributed by atoms with Gasteiger partial charge in [-0.2, -0.15) is 0 Å². The van der Waals surface area contributed by atoms with Gasteiger partial charge < -0.3 is 5.11 Å². The normalized spacial score (nSPS) is 13.9. The number of rotatable bonds is 6. The fraction of sp³-hybridized carbons (Fsp3) is 0.462. The van der Waals surface area contributed by atoms with Crippen LogP contribution in [0.2, 0.25) is 0 Å². The molecule has 0 heterocycles. The highest BCUT2D eigenvalue weighted by Crippen LogP contribution is 2.11. The van der Waals surface area contributed by atoms with Gasteiger partial charge in [0.15, 0.2) is 0 Å². The maximum atomic E-state index is 12.5. The van der Waals surface area contributed by atoms with Crippen molar-refractivity contribution < 1.29 is 14.1 Å². The van der Waals surface area contributed by atoms with E-state index in [9.17, 15) is 9.00 Å². The topological polar surface area (TPSA) is 66.7 Å². The highest BCUT2D eigenvalue weighted by molar-refractivity contribution is 7.93. The van der Waals surface area contributed by atoms with E-state index in [1.165, 1.54) is 0 Å². The highest BCUT2D eigenvalue weighted by atomic mass is 32.2. The Morgan fingerprint density at radius 1 is 1.44 bits per heavy atom. The van der Waals surface area contributed by atoms with Crippen LogP contribution in [0.1, 0.15) is 24.5 Å². The van der Waals surface area contributed by atoms with Gasteiger partial charge in [-0.25, -0.2) is 8.57 Å². The van der Waals surface area contributed by atoms with Gasteiger partial charge in [0.1, 0.15) is 5.75 Å². The van der Waals surface area contributed by atoms with E-state index in [0.717, 1.165) is 17.5 Å². The summed E-state index contributed by atoms with van der Waals surface area (Å²) in [6.45, 7) is 4.32. The van der Waals surface area contributed by atoms with E-state index < -0.39 is 15.7 Å². The molecule has 0 fully saturated rings. The lowest BCUT2D eigenvalue weighted by atomic mass is 10.2. The number of aryl methyl sites for hydroxylation is 1. The standard InChI is InChI=1S/C13H19NO3S/c1-3-7-14-18(17,10-13(15)16)9-12-6-4-5-11(2)8-12/h4-6,8H,3,7,9-10H2,1-2H3,(H,15,16). The summed E-state index contributed by atoms with van der Waals surface area (Å²) in [7, 11) is -2.69. The first-order chi connectivity index (χ1) is 8.45. The molecule has 100 valence electrons. The Hall–Kier alpha value is -1.36. The first-order valence-corrected chi connectivity index (χ1v) is 7.76. The maximum absolute atomic E-state index is 12.5. The summed E-state index contributed by atoms with van der Waals surface area (Å²) in [5.41, 5.74) is 1.95. The fourth-order valence-electron chi connectivity index (χ4n) is 1.66. The number of hydrogen-bond acceptors (Lipinski definition) is 3. The molecule has 1 N–H and O–H groups in total. The third-order valence-electron chi connectivity index (χ3n) is 2.37. The average molecular weight is 269 g/mol. The van der Waals surface area contributed by atoms with Gasteiger partial charge in [0, 0.05) is 6.54 Å². The van der Waals surface area contributed by atoms with Crippen LogP contribution >= 0.6 is 0 Å². The van der Waals surface area contributed by atoms with Gasteiger partial charge in [0.2, 0.25) is 0 Å². The van der Waals surface area contributed by atoms with E-state index >= 15 is 0 Å². The molecule has 0 spiro atoms. The second-order valence-corrected chi connectivity index (χ2v) is 6.68. The lowest BCUT2D eigenvalue weighted by Gasteiger charge is -2.08. The van der Waals surface area contributed by atoms with E-state index in [1.807, 2.05) is 38.1 Å². The summed E-state index contributed by atoms with van der Waals surface area (Å²) in [4.78, 5) is 10.8. The predicted molar refractivity (Wildman–Crippen MR) is 73.1 cm³/mol. The molecule has 5 heteroatoms. The quantitative estimate of drug-likeness (QED) is 0.862. The van der Waals surface area contributed by atoms with Crippen LogP contribution < -0.4 is 0 Å². The van der Waals surface area contributed by atoms with Gasteiger partial charge in [-0.15, -0.1) is 0 Å². The second-order valence-electron chi connectivity index (χ2n) is 4.30. The molecule has 0 radical (unpaired) electrons. The van der Waals surface area contributed by atoms with Crippen LogP contribution in [0.15, 0.2) is 28.6 Å². The van der Waals surface area contributed by atoms with Crippen molar-refractivity contribution >= 4 is 15.7 Å². The molecule has 1 aromatic rings. The van der Waals surface area contributed by atoms with E-state index in [-0.39, 0.29) is 11.5 Å². The Morgan fingerprint density at radius 2 is 2.17 bits per heavy atom. The first kappa shape index (κ1) is 14.7. The van der Waals surface area contributed by atoms with Crippen LogP contribution in [-0.4, -0.2) is 27.6 Å². The molecule has 0 saturated heterocycles. The summed E-state index contributed by atoms with van der Waals surface area (Å²) in [6.07, 6.45) is 0.768. The molecule has 18 heavy (non-hydrogen) atoms. The Bertz CT molecular complexity index is 531. The summed E-state index contributed by atoms with van der Waals surface area (Å²) in [6, 6.07) is 7.61. The van der Waals surface area contributed by atoms with Crippen molar-refractivity contribution in [3.05, 3.63) is 35.4 Å². The lowest BCUT2D eigenvalue weighted by molar-refractivity contribution is -0.134. The van der Waals surface area contributed by atoms with Crippen molar-refractivity contribution in [3.63, 3.8) is 0 Å². The summed E-state index contributed by atoms with van der Waals surface area (Å²) in [5.74, 6) is -1.24. The third-order valence-corrected chi connectivity index (χ3v) is 4.51. The average Bonchev–Trinajstić information content (AvgIpc) is 2.25. The van der Waals surface area contributed by atoms with Crippen LogP contribution in [0, 0.1) is 6.92 Å². The highest BCUT2D eigenvalue weighted by Gasteiger charge is 2.15. The van der Waals surface area contributed by atoms with E-state index in [1.54, 1.807) is 0 Å². The smallest absolute Gasteiger partial charge is 0.317 e.